The summed E-state index contributed by atoms with van der Waals surface area (Å²) in [4.78, 5) is 13.2. The van der Waals surface area contributed by atoms with E-state index in [4.69, 9.17) is 4.74 Å². The van der Waals surface area contributed by atoms with Gasteiger partial charge in [0.25, 0.3) is 0 Å². The fourth-order valence-electron chi connectivity index (χ4n) is 4.71. The molecule has 2 aromatic carbocycles. The first-order valence-corrected chi connectivity index (χ1v) is 14.1. The lowest BCUT2D eigenvalue weighted by atomic mass is 9.79. The number of phenolic OH excluding ortho intramolecular Hbond substituents is 1. The summed E-state index contributed by atoms with van der Waals surface area (Å²) >= 11 is 0. The normalized spacial score (nSPS) is 12.1. The standard InChI is InChI=1S/C33H50O3/c1-8-9-10-11-12-13-14-15-16-17-20-25-21-18-19-22-27(25)31(35)36-26-23-28(32(2,3)4)30(34)29(24-26)33(5,6)7/h18-19,21-24,34H,8-17,20H2,1-7H3. The molecule has 0 heterocycles. The van der Waals surface area contributed by atoms with Crippen molar-refractivity contribution in [1.29, 1.82) is 0 Å². The average Bonchev–Trinajstić information content (AvgIpc) is 2.80. The topological polar surface area (TPSA) is 46.5 Å². The molecule has 3 heteroatoms. The van der Waals surface area contributed by atoms with E-state index in [0.717, 1.165) is 29.5 Å². The van der Waals surface area contributed by atoms with Crippen molar-refractivity contribution in [2.24, 2.45) is 0 Å². The third-order valence-electron chi connectivity index (χ3n) is 6.95. The van der Waals surface area contributed by atoms with E-state index in [-0.39, 0.29) is 22.5 Å². The van der Waals surface area contributed by atoms with Crippen LogP contribution in [0, 0.1) is 0 Å². The predicted molar refractivity (Wildman–Crippen MR) is 152 cm³/mol. The first-order valence-electron chi connectivity index (χ1n) is 14.1. The summed E-state index contributed by atoms with van der Waals surface area (Å²) in [6.45, 7) is 14.6. The van der Waals surface area contributed by atoms with Gasteiger partial charge in [0, 0.05) is 11.1 Å². The van der Waals surface area contributed by atoms with Gasteiger partial charge in [-0.2, -0.15) is 0 Å². The van der Waals surface area contributed by atoms with E-state index in [1.807, 2.05) is 36.4 Å². The molecule has 0 unspecified atom stereocenters. The molecule has 0 bridgehead atoms. The second kappa shape index (κ2) is 13.9. The molecular weight excluding hydrogens is 444 g/mol. The molecule has 0 atom stereocenters. The first kappa shape index (κ1) is 29.9. The lowest BCUT2D eigenvalue weighted by Crippen LogP contribution is -2.18. The van der Waals surface area contributed by atoms with Crippen LogP contribution in [-0.2, 0) is 17.3 Å². The van der Waals surface area contributed by atoms with Crippen molar-refractivity contribution in [1.82, 2.24) is 0 Å². The second-order valence-corrected chi connectivity index (χ2v) is 12.3. The van der Waals surface area contributed by atoms with Gasteiger partial charge in [-0.05, 0) is 47.4 Å². The smallest absolute Gasteiger partial charge is 0.343 e. The number of hydrogen-bond donors (Lipinski definition) is 1. The number of aryl methyl sites for hydroxylation is 1. The molecule has 1 N–H and O–H groups in total. The lowest BCUT2D eigenvalue weighted by Gasteiger charge is -2.28. The number of aromatic hydroxyl groups is 1. The van der Waals surface area contributed by atoms with Crippen LogP contribution in [0.4, 0.5) is 0 Å². The predicted octanol–water partition coefficient (Wildman–Crippen LogP) is 9.67. The van der Waals surface area contributed by atoms with Crippen LogP contribution in [0.1, 0.15) is 140 Å². The summed E-state index contributed by atoms with van der Waals surface area (Å²) in [6, 6.07) is 11.4. The third kappa shape index (κ3) is 9.30. The average molecular weight is 495 g/mol. The Hall–Kier alpha value is -2.29. The summed E-state index contributed by atoms with van der Waals surface area (Å²) < 4.78 is 5.92. The van der Waals surface area contributed by atoms with Gasteiger partial charge in [0.2, 0.25) is 0 Å². The number of benzene rings is 2. The molecule has 0 saturated heterocycles. The number of carbonyl (C=O) groups excluding carboxylic acids is 1. The zero-order valence-corrected chi connectivity index (χ0v) is 24.0. The van der Waals surface area contributed by atoms with E-state index in [1.165, 1.54) is 57.8 Å². The summed E-state index contributed by atoms with van der Waals surface area (Å²) in [7, 11) is 0. The Morgan fingerprint density at radius 2 is 1.22 bits per heavy atom. The van der Waals surface area contributed by atoms with Crippen molar-refractivity contribution in [3.8, 4) is 11.5 Å². The molecule has 0 fully saturated rings. The quantitative estimate of drug-likeness (QED) is 0.171. The maximum atomic E-state index is 13.2. The molecule has 200 valence electrons. The van der Waals surface area contributed by atoms with Gasteiger partial charge in [-0.1, -0.05) is 124 Å². The maximum Gasteiger partial charge on any atom is 0.343 e. The van der Waals surface area contributed by atoms with Gasteiger partial charge < -0.3 is 9.84 Å². The minimum absolute atomic E-state index is 0.278. The number of unbranched alkanes of at least 4 members (excludes halogenated alkanes) is 9. The van der Waals surface area contributed by atoms with Gasteiger partial charge in [-0.25, -0.2) is 4.79 Å². The van der Waals surface area contributed by atoms with Crippen LogP contribution in [-0.4, -0.2) is 11.1 Å². The Bertz CT molecular complexity index is 925. The summed E-state index contributed by atoms with van der Waals surface area (Å²) in [5, 5.41) is 11.0. The SMILES string of the molecule is CCCCCCCCCCCCc1ccccc1C(=O)Oc1cc(C(C)(C)C)c(O)c(C(C)(C)C)c1. The summed E-state index contributed by atoms with van der Waals surface area (Å²) in [5.41, 5.74) is 2.71. The second-order valence-electron chi connectivity index (χ2n) is 12.3. The Kier molecular flexibility index (Phi) is 11.5. The Balaban J connectivity index is 2.02. The van der Waals surface area contributed by atoms with Crippen molar-refractivity contribution in [3.63, 3.8) is 0 Å². The number of carbonyl (C=O) groups is 1. The maximum absolute atomic E-state index is 13.2. The van der Waals surface area contributed by atoms with E-state index >= 15 is 0 Å². The van der Waals surface area contributed by atoms with Crippen molar-refractivity contribution in [2.75, 3.05) is 0 Å². The van der Waals surface area contributed by atoms with E-state index in [0.29, 0.717) is 11.3 Å². The largest absolute Gasteiger partial charge is 0.507 e. The van der Waals surface area contributed by atoms with E-state index in [2.05, 4.69) is 48.5 Å². The molecule has 2 rings (SSSR count). The van der Waals surface area contributed by atoms with Gasteiger partial charge in [-0.15, -0.1) is 0 Å². The molecule has 0 aliphatic rings. The monoisotopic (exact) mass is 494 g/mol. The van der Waals surface area contributed by atoms with Crippen LogP contribution in [0.2, 0.25) is 0 Å². The summed E-state index contributed by atoms with van der Waals surface area (Å²) in [5.74, 6) is 0.445. The number of phenols is 1. The van der Waals surface area contributed by atoms with Crippen molar-refractivity contribution in [3.05, 3.63) is 58.7 Å². The molecule has 3 nitrogen and oxygen atoms in total. The van der Waals surface area contributed by atoms with Crippen LogP contribution in [0.3, 0.4) is 0 Å². The molecule has 0 amide bonds. The number of rotatable bonds is 13. The first-order chi connectivity index (χ1) is 16.9. The Morgan fingerprint density at radius 3 is 1.72 bits per heavy atom. The van der Waals surface area contributed by atoms with E-state index in [9.17, 15) is 9.90 Å². The zero-order chi connectivity index (χ0) is 26.8. The van der Waals surface area contributed by atoms with Gasteiger partial charge in [0.05, 0.1) is 5.56 Å². The zero-order valence-electron chi connectivity index (χ0n) is 24.0. The van der Waals surface area contributed by atoms with Crippen molar-refractivity contribution < 1.29 is 14.6 Å². The molecule has 2 aromatic rings. The van der Waals surface area contributed by atoms with Crippen molar-refractivity contribution in [2.45, 2.75) is 130 Å². The minimum Gasteiger partial charge on any atom is -0.507 e. The fourth-order valence-corrected chi connectivity index (χ4v) is 4.71. The molecule has 0 aromatic heterocycles. The number of ether oxygens (including phenoxy) is 1. The Morgan fingerprint density at radius 1 is 0.750 bits per heavy atom. The van der Waals surface area contributed by atoms with Crippen LogP contribution in [0.15, 0.2) is 36.4 Å². The molecule has 36 heavy (non-hydrogen) atoms. The van der Waals surface area contributed by atoms with E-state index < -0.39 is 0 Å². The van der Waals surface area contributed by atoms with Gasteiger partial charge in [-0.3, -0.25) is 0 Å². The molecule has 0 aliphatic heterocycles. The Labute approximate surface area is 220 Å². The van der Waals surface area contributed by atoms with Crippen LogP contribution in [0.25, 0.3) is 0 Å². The molecular formula is C33H50O3. The van der Waals surface area contributed by atoms with Crippen LogP contribution in [0.5, 0.6) is 11.5 Å². The highest BCUT2D eigenvalue weighted by Gasteiger charge is 2.27. The van der Waals surface area contributed by atoms with Gasteiger partial charge >= 0.3 is 5.97 Å². The molecule has 0 radical (unpaired) electrons. The van der Waals surface area contributed by atoms with E-state index in [1.54, 1.807) is 0 Å². The number of hydrogen-bond acceptors (Lipinski definition) is 3. The van der Waals surface area contributed by atoms with Crippen LogP contribution >= 0.6 is 0 Å². The van der Waals surface area contributed by atoms with Crippen molar-refractivity contribution >= 4 is 5.97 Å². The highest BCUT2D eigenvalue weighted by atomic mass is 16.5. The highest BCUT2D eigenvalue weighted by molar-refractivity contribution is 5.92. The highest BCUT2D eigenvalue weighted by Crippen LogP contribution is 2.41. The third-order valence-corrected chi connectivity index (χ3v) is 6.95. The molecule has 0 saturated carbocycles. The van der Waals surface area contributed by atoms with Gasteiger partial charge in [0.15, 0.2) is 0 Å². The molecule has 0 aliphatic carbocycles. The van der Waals surface area contributed by atoms with Crippen LogP contribution < -0.4 is 4.74 Å². The summed E-state index contributed by atoms with van der Waals surface area (Å²) in [6.07, 6.45) is 13.9. The van der Waals surface area contributed by atoms with Gasteiger partial charge in [0.1, 0.15) is 11.5 Å². The molecule has 0 spiro atoms. The fraction of sp³-hybridized carbons (Fsp3) is 0.606. The minimum atomic E-state index is -0.330. The number of esters is 1. The lowest BCUT2D eigenvalue weighted by molar-refractivity contribution is 0.0732.